The molecule has 384 valence electrons. The van der Waals surface area contributed by atoms with Crippen molar-refractivity contribution in [3.05, 3.63) is 141 Å². The van der Waals surface area contributed by atoms with Crippen molar-refractivity contribution in [2.45, 2.75) is 9.79 Å². The smallest absolute Gasteiger partial charge is 0.296 e. The maximum Gasteiger partial charge on any atom is 0.296 e. The van der Waals surface area contributed by atoms with Gasteiger partial charge in [-0.25, -0.2) is 0 Å². The van der Waals surface area contributed by atoms with E-state index in [1.807, 2.05) is 0 Å². The van der Waals surface area contributed by atoms with Gasteiger partial charge in [0.25, 0.3) is 40.5 Å². The number of carbonyl (C=O) groups excluding carboxylic acids is 2. The van der Waals surface area contributed by atoms with E-state index in [2.05, 4.69) is 46.8 Å². The first kappa shape index (κ1) is 52.2. The van der Waals surface area contributed by atoms with Gasteiger partial charge in [0.15, 0.2) is 11.4 Å². The summed E-state index contributed by atoms with van der Waals surface area (Å²) in [5.41, 5.74) is 26.3. The molecule has 0 aliphatic heterocycles. The quantitative estimate of drug-likeness (QED) is 0.0229. The maximum atomic E-state index is 13.9. The van der Waals surface area contributed by atoms with Gasteiger partial charge in [0.2, 0.25) is 11.6 Å². The number of hydrazone groups is 2. The molecule has 0 amide bonds. The zero-order valence-electron chi connectivity index (χ0n) is 37.5. The minimum atomic E-state index is -5.32. The Hall–Kier alpha value is -9.08. The lowest BCUT2D eigenvalue weighted by atomic mass is 9.94. The lowest BCUT2D eigenvalue weighted by molar-refractivity contribution is 0.105. The van der Waals surface area contributed by atoms with Gasteiger partial charge in [-0.3, -0.25) is 38.7 Å². The number of nitrogens with two attached hydrogens (primary N) is 4. The summed E-state index contributed by atoms with van der Waals surface area (Å²) in [5.74, 6) is -2.15. The largest absolute Gasteiger partial charge is 0.399 e. The fraction of sp³-hybridized carbons (Fsp3) is 0. The fourth-order valence-electron chi connectivity index (χ4n) is 7.10. The van der Waals surface area contributed by atoms with Gasteiger partial charge >= 0.3 is 0 Å². The molecule has 0 fully saturated rings. The molecule has 0 spiro atoms. The number of nitrogen functional groups attached to an aromatic ring is 4. The second kappa shape index (κ2) is 19.7. The van der Waals surface area contributed by atoms with Crippen LogP contribution < -0.4 is 39.1 Å². The Morgan fingerprint density at radius 2 is 0.907 bits per heavy atom. The zero-order chi connectivity index (χ0) is 54.4. The molecular weight excluding hydrogens is 1060 g/mol. The molecule has 2 aliphatic rings. The van der Waals surface area contributed by atoms with Crippen molar-refractivity contribution in [3.63, 3.8) is 0 Å². The Labute approximate surface area is 424 Å². The molecular formula is C44H35N13O14S4. The average Bonchev–Trinajstić information content (AvgIpc) is 3.32. The molecule has 0 radical (unpaired) electrons. The van der Waals surface area contributed by atoms with Gasteiger partial charge in [0.05, 0.1) is 34.1 Å². The number of nitrogens with zero attached hydrogens (tertiary/aromatic N) is 6. The van der Waals surface area contributed by atoms with Crippen LogP contribution >= 0.6 is 0 Å². The molecule has 27 nitrogen and oxygen atoms in total. The highest BCUT2D eigenvalue weighted by molar-refractivity contribution is 7.91. The lowest BCUT2D eigenvalue weighted by Gasteiger charge is -2.18. The second-order valence-electron chi connectivity index (χ2n) is 15.8. The van der Waals surface area contributed by atoms with Crippen LogP contribution in [0.4, 0.5) is 68.2 Å². The van der Waals surface area contributed by atoms with E-state index in [0.717, 1.165) is 24.3 Å². The van der Waals surface area contributed by atoms with Crippen LogP contribution in [0.1, 0.15) is 31.8 Å². The molecule has 2 aliphatic carbocycles. The third-order valence-corrected chi connectivity index (χ3v) is 14.1. The van der Waals surface area contributed by atoms with E-state index in [-0.39, 0.29) is 62.3 Å². The molecule has 0 atom stereocenters. The molecule has 0 aromatic heterocycles. The minimum absolute atomic E-state index is 0.0117. The molecule has 8 rings (SSSR count). The number of allylic oxidation sites excluding steroid dienone is 2. The number of carbonyl (C=O) groups is 2. The predicted molar refractivity (Wildman–Crippen MR) is 277 cm³/mol. The van der Waals surface area contributed by atoms with Crippen LogP contribution in [0, 0.1) is 0 Å². The van der Waals surface area contributed by atoms with Gasteiger partial charge in [0, 0.05) is 28.2 Å². The number of fused-ring (bicyclic) bond motifs is 2. The predicted octanol–water partition coefficient (Wildman–Crippen LogP) is 6.87. The van der Waals surface area contributed by atoms with E-state index in [9.17, 15) is 61.5 Å². The summed E-state index contributed by atoms with van der Waals surface area (Å²) in [6, 6.07) is 23.0. The first-order valence-corrected chi connectivity index (χ1v) is 26.5. The van der Waals surface area contributed by atoms with Crippen molar-refractivity contribution in [2.75, 3.05) is 39.1 Å². The molecule has 0 saturated heterocycles. The van der Waals surface area contributed by atoms with Gasteiger partial charge in [0.1, 0.15) is 36.7 Å². The Balaban J connectivity index is 1.03. The summed E-state index contributed by atoms with van der Waals surface area (Å²) in [4.78, 5) is 23.9. The van der Waals surface area contributed by atoms with Crippen molar-refractivity contribution in [1.29, 1.82) is 0 Å². The number of hydrogen-bond acceptors (Lipinski definition) is 23. The number of nitrogens with one attached hydrogen (secondary N) is 3. The van der Waals surface area contributed by atoms with Crippen molar-refractivity contribution in [2.24, 2.45) is 30.7 Å². The Morgan fingerprint density at radius 3 is 1.44 bits per heavy atom. The Kier molecular flexibility index (Phi) is 13.8. The van der Waals surface area contributed by atoms with Crippen molar-refractivity contribution in [3.8, 4) is 0 Å². The van der Waals surface area contributed by atoms with E-state index >= 15 is 0 Å². The van der Waals surface area contributed by atoms with E-state index in [1.165, 1.54) is 78.9 Å². The minimum Gasteiger partial charge on any atom is -0.399 e. The van der Waals surface area contributed by atoms with E-state index in [1.54, 1.807) is 6.07 Å². The molecule has 0 saturated carbocycles. The molecule has 0 heterocycles. The van der Waals surface area contributed by atoms with Crippen LogP contribution in [-0.2, 0) is 40.5 Å². The second-order valence-corrected chi connectivity index (χ2v) is 21.4. The van der Waals surface area contributed by atoms with Crippen molar-refractivity contribution in [1.82, 2.24) is 0 Å². The summed E-state index contributed by atoms with van der Waals surface area (Å²) in [5, 5.41) is 26.4. The Bertz CT molecular complexity index is 4120. The number of Topliss-reactive ketones (excluding diaryl/α,β-unsaturated/α-hetero) is 2. The number of azo groups is 2. The molecule has 31 heteroatoms. The van der Waals surface area contributed by atoms with Gasteiger partial charge < -0.3 is 28.3 Å². The van der Waals surface area contributed by atoms with Crippen molar-refractivity contribution < 1.29 is 61.5 Å². The summed E-state index contributed by atoms with van der Waals surface area (Å²) in [7, 11) is -20.5. The highest BCUT2D eigenvalue weighted by Gasteiger charge is 2.36. The van der Waals surface area contributed by atoms with Gasteiger partial charge in [-0.1, -0.05) is 6.07 Å². The van der Waals surface area contributed by atoms with Crippen LogP contribution in [0.25, 0.3) is 12.2 Å². The molecule has 6 aromatic rings. The third kappa shape index (κ3) is 11.6. The molecule has 0 unspecified atom stereocenters. The fourth-order valence-corrected chi connectivity index (χ4v) is 9.73. The molecule has 0 bridgehead atoms. The SMILES string of the molecule is Nc1ccc(N=Nc2ccc3c(c2)C(=O)/C(=N/Nc2ccc(Nc4ccc(N/N=C5/C(=O)c6cc(N=Nc7ccc(N)cc7N)c(S(=O)(=O)O)cc6C=C5S(=O)(=O)O)cc4S(=O)(=O)O)cc2)C(S(=O)(=O)O)=C3)c(N)c1. The van der Waals surface area contributed by atoms with E-state index < -0.39 is 99.9 Å². The number of anilines is 8. The van der Waals surface area contributed by atoms with Crippen LogP contribution in [0.5, 0.6) is 0 Å². The summed E-state index contributed by atoms with van der Waals surface area (Å²) in [6.07, 6.45) is 1.72. The van der Waals surface area contributed by atoms with Crippen LogP contribution in [0.3, 0.4) is 0 Å². The highest BCUT2D eigenvalue weighted by atomic mass is 32.2. The molecule has 75 heavy (non-hydrogen) atoms. The van der Waals surface area contributed by atoms with Gasteiger partial charge in [-0.05, 0) is 126 Å². The van der Waals surface area contributed by atoms with Crippen molar-refractivity contribution >= 4 is 144 Å². The monoisotopic (exact) mass is 1100 g/mol. The number of rotatable bonds is 14. The van der Waals surface area contributed by atoms with E-state index in [0.29, 0.717) is 23.5 Å². The van der Waals surface area contributed by atoms with Gasteiger partial charge in [-0.2, -0.15) is 49.0 Å². The molecule has 6 aromatic carbocycles. The normalized spacial score (nSPS) is 15.2. The topological polar surface area (TPSA) is 466 Å². The zero-order valence-corrected chi connectivity index (χ0v) is 40.8. The summed E-state index contributed by atoms with van der Waals surface area (Å²) < 4.78 is 140. The maximum absolute atomic E-state index is 13.9. The number of hydrogen-bond donors (Lipinski definition) is 11. The number of ketones is 2. The Morgan fingerprint density at radius 1 is 0.427 bits per heavy atom. The third-order valence-electron chi connectivity index (χ3n) is 10.6. The lowest BCUT2D eigenvalue weighted by Crippen LogP contribution is -2.27. The van der Waals surface area contributed by atoms with Crippen LogP contribution in [-0.4, -0.2) is 74.9 Å². The van der Waals surface area contributed by atoms with Crippen LogP contribution in [0.2, 0.25) is 0 Å². The van der Waals surface area contributed by atoms with E-state index in [4.69, 9.17) is 22.9 Å². The number of benzene rings is 6. The highest BCUT2D eigenvalue weighted by Crippen LogP contribution is 2.37. The first-order valence-electron chi connectivity index (χ1n) is 20.7. The standard InChI is InChI=1S/C44H35N13O14S4/c45-23-2-10-33(31(47)16-23)53-51-27-4-1-21-13-39(74(66,67)68)41(43(58)29(21)18-27)56-50-26-7-5-25(6-8-26)49-35-12-9-28(19-38(35)73(63,64)65)52-57-42-40(75(69,70)71)15-22-14-37(72(60,61)62)36(20-30(22)44(42)59)55-54-34-11-3-24(46)17-32(34)48/h1-20,49-50,52H,45-48H2,(H,60,61,62)(H,63,64,65)(H,66,67,68)(H,69,70,71)/b53-51?,55-54?,56-41+,57-42+. The van der Waals surface area contributed by atoms with Crippen LogP contribution in [0.15, 0.2) is 159 Å². The first-order chi connectivity index (χ1) is 35.1. The molecule has 15 N–H and O–H groups in total. The average molecular weight is 1100 g/mol. The summed E-state index contributed by atoms with van der Waals surface area (Å²) in [6.45, 7) is 0. The summed E-state index contributed by atoms with van der Waals surface area (Å²) >= 11 is 0. The van der Waals surface area contributed by atoms with Gasteiger partial charge in [-0.15, -0.1) is 15.3 Å².